The van der Waals surface area contributed by atoms with Gasteiger partial charge in [-0.1, -0.05) is 104 Å². The standard InChI is InChI=1S/C34H35FN2O2/c35-31-20-9-5-14-28(31)24-37(33(38)22-21-27-16-10-15-26-13-4-8-19-30(26)27)32(23-25-11-2-1-3-12-25)34(39)36-29-17-6-7-18-29/h1-5,8-16,19-20,29,32H,6-7,17-18,21-24H2,(H,36,39). The number of carbonyl (C=O) groups excluding carboxylic acids is 2. The summed E-state index contributed by atoms with van der Waals surface area (Å²) in [5, 5.41) is 5.45. The molecule has 4 aromatic rings. The van der Waals surface area contributed by atoms with Crippen LogP contribution in [0.25, 0.3) is 10.8 Å². The molecule has 5 rings (SSSR count). The molecule has 1 unspecified atom stereocenters. The number of rotatable bonds is 10. The van der Waals surface area contributed by atoms with Crippen molar-refractivity contribution in [1.29, 1.82) is 0 Å². The molecule has 0 spiro atoms. The van der Waals surface area contributed by atoms with Crippen molar-refractivity contribution in [2.75, 3.05) is 0 Å². The summed E-state index contributed by atoms with van der Waals surface area (Å²) in [6.07, 6.45) is 5.22. The van der Waals surface area contributed by atoms with Crippen molar-refractivity contribution in [2.45, 2.75) is 63.6 Å². The number of nitrogens with one attached hydrogen (secondary N) is 1. The first-order valence-corrected chi connectivity index (χ1v) is 13.9. The van der Waals surface area contributed by atoms with Crippen molar-refractivity contribution < 1.29 is 14.0 Å². The average Bonchev–Trinajstić information content (AvgIpc) is 3.48. The number of amides is 2. The Balaban J connectivity index is 1.44. The second-order valence-corrected chi connectivity index (χ2v) is 10.4. The minimum absolute atomic E-state index is 0.0383. The first-order valence-electron chi connectivity index (χ1n) is 13.9. The summed E-state index contributed by atoms with van der Waals surface area (Å²) in [6.45, 7) is 0.0383. The molecule has 1 aliphatic rings. The number of carbonyl (C=O) groups is 2. The summed E-state index contributed by atoms with van der Waals surface area (Å²) < 4.78 is 14.8. The highest BCUT2D eigenvalue weighted by atomic mass is 19.1. The third-order valence-corrected chi connectivity index (χ3v) is 7.76. The van der Waals surface area contributed by atoms with E-state index in [9.17, 15) is 14.0 Å². The molecule has 0 radical (unpaired) electrons. The largest absolute Gasteiger partial charge is 0.352 e. The topological polar surface area (TPSA) is 49.4 Å². The molecular formula is C34H35FN2O2. The van der Waals surface area contributed by atoms with E-state index < -0.39 is 6.04 Å². The van der Waals surface area contributed by atoms with Gasteiger partial charge in [0.25, 0.3) is 0 Å². The minimum Gasteiger partial charge on any atom is -0.352 e. The van der Waals surface area contributed by atoms with Crippen molar-refractivity contribution in [1.82, 2.24) is 10.2 Å². The van der Waals surface area contributed by atoms with Gasteiger partial charge in [-0.05, 0) is 47.2 Å². The average molecular weight is 523 g/mol. The molecule has 39 heavy (non-hydrogen) atoms. The Morgan fingerprint density at radius 2 is 1.49 bits per heavy atom. The fourth-order valence-electron chi connectivity index (χ4n) is 5.63. The lowest BCUT2D eigenvalue weighted by atomic mass is 9.99. The van der Waals surface area contributed by atoms with Crippen LogP contribution in [0.5, 0.6) is 0 Å². The maximum Gasteiger partial charge on any atom is 0.243 e. The van der Waals surface area contributed by atoms with Crippen molar-refractivity contribution >= 4 is 22.6 Å². The van der Waals surface area contributed by atoms with Gasteiger partial charge in [0.05, 0.1) is 0 Å². The molecule has 1 saturated carbocycles. The van der Waals surface area contributed by atoms with Crippen molar-refractivity contribution in [3.05, 3.63) is 120 Å². The maximum absolute atomic E-state index is 14.8. The zero-order valence-corrected chi connectivity index (χ0v) is 22.2. The van der Waals surface area contributed by atoms with Crippen LogP contribution in [0, 0.1) is 5.82 Å². The first-order chi connectivity index (χ1) is 19.1. The minimum atomic E-state index is -0.743. The van der Waals surface area contributed by atoms with Crippen LogP contribution in [0.3, 0.4) is 0 Å². The lowest BCUT2D eigenvalue weighted by Gasteiger charge is -2.32. The SMILES string of the molecule is O=C(NC1CCCC1)C(Cc1ccccc1)N(Cc1ccccc1F)C(=O)CCc1cccc2ccccc12. The third-order valence-electron chi connectivity index (χ3n) is 7.76. The molecule has 0 heterocycles. The molecule has 5 heteroatoms. The van der Waals surface area contributed by atoms with Crippen LogP contribution in [-0.2, 0) is 29.0 Å². The van der Waals surface area contributed by atoms with Crippen LogP contribution < -0.4 is 5.32 Å². The fourth-order valence-corrected chi connectivity index (χ4v) is 5.63. The quantitative estimate of drug-likeness (QED) is 0.255. The van der Waals surface area contributed by atoms with Crippen molar-refractivity contribution in [3.8, 4) is 0 Å². The monoisotopic (exact) mass is 522 g/mol. The summed E-state index contributed by atoms with van der Waals surface area (Å²) in [5.74, 6) is -0.701. The Morgan fingerprint density at radius 1 is 0.821 bits per heavy atom. The van der Waals surface area contributed by atoms with Gasteiger partial charge in [0.15, 0.2) is 0 Å². The van der Waals surface area contributed by atoms with E-state index in [0.717, 1.165) is 47.6 Å². The molecule has 0 aliphatic heterocycles. The van der Waals surface area contributed by atoms with Crippen LogP contribution in [0.15, 0.2) is 97.1 Å². The molecule has 0 bridgehead atoms. The number of halogens is 1. The molecule has 1 N–H and O–H groups in total. The van der Waals surface area contributed by atoms with Gasteiger partial charge in [-0.3, -0.25) is 9.59 Å². The zero-order valence-electron chi connectivity index (χ0n) is 22.2. The summed E-state index contributed by atoms with van der Waals surface area (Å²) in [6, 6.07) is 29.9. The second-order valence-electron chi connectivity index (χ2n) is 10.4. The van der Waals surface area contributed by atoms with E-state index >= 15 is 0 Å². The summed E-state index contributed by atoms with van der Waals surface area (Å²) in [4.78, 5) is 29.3. The van der Waals surface area contributed by atoms with E-state index in [0.29, 0.717) is 18.4 Å². The van der Waals surface area contributed by atoms with Gasteiger partial charge in [-0.15, -0.1) is 0 Å². The molecule has 2 amide bonds. The Hall–Kier alpha value is -3.99. The molecule has 200 valence electrons. The third kappa shape index (κ3) is 6.72. The summed E-state index contributed by atoms with van der Waals surface area (Å²) in [7, 11) is 0. The lowest BCUT2D eigenvalue weighted by molar-refractivity contribution is -0.141. The highest BCUT2D eigenvalue weighted by Crippen LogP contribution is 2.23. The molecular weight excluding hydrogens is 487 g/mol. The molecule has 1 aliphatic carbocycles. The van der Waals surface area contributed by atoms with Gasteiger partial charge < -0.3 is 10.2 Å². The predicted octanol–water partition coefficient (Wildman–Crippen LogP) is 6.61. The van der Waals surface area contributed by atoms with Gasteiger partial charge in [0, 0.05) is 31.0 Å². The van der Waals surface area contributed by atoms with Crippen LogP contribution >= 0.6 is 0 Å². The van der Waals surface area contributed by atoms with Gasteiger partial charge in [-0.2, -0.15) is 0 Å². The van der Waals surface area contributed by atoms with Crippen LogP contribution in [0.1, 0.15) is 48.8 Å². The van der Waals surface area contributed by atoms with E-state index in [4.69, 9.17) is 0 Å². The van der Waals surface area contributed by atoms with Crippen molar-refractivity contribution in [2.24, 2.45) is 0 Å². The van der Waals surface area contributed by atoms with Crippen LogP contribution in [0.2, 0.25) is 0 Å². The Labute approximate surface area is 229 Å². The summed E-state index contributed by atoms with van der Waals surface area (Å²) in [5.41, 5.74) is 2.45. The molecule has 4 aromatic carbocycles. The smallest absolute Gasteiger partial charge is 0.243 e. The molecule has 1 atom stereocenters. The molecule has 1 fully saturated rings. The van der Waals surface area contributed by atoms with E-state index in [2.05, 4.69) is 23.5 Å². The van der Waals surface area contributed by atoms with Crippen molar-refractivity contribution in [3.63, 3.8) is 0 Å². The number of nitrogens with zero attached hydrogens (tertiary/aromatic N) is 1. The van der Waals surface area contributed by atoms with E-state index in [-0.39, 0.29) is 36.6 Å². The predicted molar refractivity (Wildman–Crippen MR) is 154 cm³/mol. The fraction of sp³-hybridized carbons (Fsp3) is 0.294. The van der Waals surface area contributed by atoms with E-state index in [1.165, 1.54) is 6.07 Å². The maximum atomic E-state index is 14.8. The molecule has 0 saturated heterocycles. The number of hydrogen-bond donors (Lipinski definition) is 1. The number of aryl methyl sites for hydroxylation is 1. The molecule has 4 nitrogen and oxygen atoms in total. The molecule has 0 aromatic heterocycles. The van der Waals surface area contributed by atoms with Crippen LogP contribution in [-0.4, -0.2) is 28.8 Å². The van der Waals surface area contributed by atoms with Crippen LogP contribution in [0.4, 0.5) is 4.39 Å². The number of hydrogen-bond acceptors (Lipinski definition) is 2. The first kappa shape index (κ1) is 26.6. The Kier molecular flexibility index (Phi) is 8.67. The van der Waals surface area contributed by atoms with E-state index in [1.54, 1.807) is 23.1 Å². The van der Waals surface area contributed by atoms with Gasteiger partial charge in [0.1, 0.15) is 11.9 Å². The summed E-state index contributed by atoms with van der Waals surface area (Å²) >= 11 is 0. The Morgan fingerprint density at radius 3 is 2.28 bits per heavy atom. The second kappa shape index (κ2) is 12.7. The highest BCUT2D eigenvalue weighted by Gasteiger charge is 2.32. The Bertz CT molecular complexity index is 1410. The number of benzene rings is 4. The highest BCUT2D eigenvalue weighted by molar-refractivity contribution is 5.89. The number of fused-ring (bicyclic) bond motifs is 1. The van der Waals surface area contributed by atoms with Gasteiger partial charge in [-0.25, -0.2) is 4.39 Å². The normalized spacial score (nSPS) is 14.3. The van der Waals surface area contributed by atoms with E-state index in [1.807, 2.05) is 54.6 Å². The lowest BCUT2D eigenvalue weighted by Crippen LogP contribution is -2.52. The zero-order chi connectivity index (χ0) is 27.0. The van der Waals surface area contributed by atoms with Gasteiger partial charge >= 0.3 is 0 Å². The van der Waals surface area contributed by atoms with Gasteiger partial charge in [0.2, 0.25) is 11.8 Å².